The average molecular weight is 466 g/mol. The first-order valence-electron chi connectivity index (χ1n) is 10.6. The van der Waals surface area contributed by atoms with Gasteiger partial charge in [0, 0.05) is 31.2 Å². The zero-order chi connectivity index (χ0) is 22.9. The van der Waals surface area contributed by atoms with Crippen LogP contribution in [0, 0.1) is 17.6 Å². The van der Waals surface area contributed by atoms with E-state index in [-0.39, 0.29) is 43.9 Å². The number of hydrogen-bond donors (Lipinski definition) is 1. The van der Waals surface area contributed by atoms with Crippen LogP contribution in [0.15, 0.2) is 42.5 Å². The van der Waals surface area contributed by atoms with Gasteiger partial charge in [0.05, 0.1) is 12.5 Å². The lowest BCUT2D eigenvalue weighted by Crippen LogP contribution is -2.39. The van der Waals surface area contributed by atoms with E-state index in [1.807, 2.05) is 6.07 Å². The Labute approximate surface area is 185 Å². The van der Waals surface area contributed by atoms with Crippen LogP contribution in [0.25, 0.3) is 0 Å². The van der Waals surface area contributed by atoms with Gasteiger partial charge in [-0.05, 0) is 42.5 Å². The molecule has 1 N–H and O–H groups in total. The van der Waals surface area contributed by atoms with Gasteiger partial charge in [-0.15, -0.1) is 0 Å². The molecule has 9 heteroatoms. The van der Waals surface area contributed by atoms with Crippen LogP contribution in [0.4, 0.5) is 8.78 Å². The van der Waals surface area contributed by atoms with Gasteiger partial charge in [0.25, 0.3) is 0 Å². The molecule has 2 aromatic rings. The number of hydrogen-bond acceptors (Lipinski definition) is 4. The maximum Gasteiger partial charge on any atom is 0.307 e. The van der Waals surface area contributed by atoms with Crippen molar-refractivity contribution in [3.63, 3.8) is 0 Å². The standard InChI is InChI=1S/C23H25F2NO5S/c24-20-12-18(19-14-31-10-8-17(19)23(27)28)21(25)11-16(20)13-26-9-4-7-22(32(26,29)30)15-5-2-1-3-6-15/h1-3,5-6,11-12,17,19,22H,4,7-10,13-14H2,(H,27,28)/t17?,19?,22-/m1/s1. The number of carboxylic acid groups (broad SMARTS) is 1. The summed E-state index contributed by atoms with van der Waals surface area (Å²) in [7, 11) is -3.75. The average Bonchev–Trinajstić information content (AvgIpc) is 2.77. The van der Waals surface area contributed by atoms with Crippen molar-refractivity contribution in [1.29, 1.82) is 0 Å². The number of aliphatic carboxylic acids is 1. The molecule has 0 radical (unpaired) electrons. The Hall–Kier alpha value is -2.36. The minimum Gasteiger partial charge on any atom is -0.481 e. The Balaban J connectivity index is 1.59. The molecule has 0 amide bonds. The van der Waals surface area contributed by atoms with E-state index < -0.39 is 44.7 Å². The summed E-state index contributed by atoms with van der Waals surface area (Å²) in [5.41, 5.74) is 0.547. The van der Waals surface area contributed by atoms with Gasteiger partial charge in [0.1, 0.15) is 16.9 Å². The molecule has 2 aromatic carbocycles. The summed E-state index contributed by atoms with van der Waals surface area (Å²) >= 11 is 0. The highest BCUT2D eigenvalue weighted by Crippen LogP contribution is 2.37. The van der Waals surface area contributed by atoms with Crippen molar-refractivity contribution in [2.75, 3.05) is 19.8 Å². The molecule has 2 unspecified atom stereocenters. The number of benzene rings is 2. The topological polar surface area (TPSA) is 83.9 Å². The second-order valence-electron chi connectivity index (χ2n) is 8.30. The van der Waals surface area contributed by atoms with Gasteiger partial charge in [0.15, 0.2) is 0 Å². The van der Waals surface area contributed by atoms with E-state index in [1.54, 1.807) is 24.3 Å². The summed E-state index contributed by atoms with van der Waals surface area (Å²) < 4.78 is 62.8. The first kappa shape index (κ1) is 22.8. The Morgan fingerprint density at radius 1 is 1.12 bits per heavy atom. The number of nitrogens with zero attached hydrogens (tertiary/aromatic N) is 1. The molecule has 3 atom stereocenters. The van der Waals surface area contributed by atoms with E-state index in [0.29, 0.717) is 18.4 Å². The third kappa shape index (κ3) is 4.42. The molecule has 4 rings (SSSR count). The van der Waals surface area contributed by atoms with Crippen molar-refractivity contribution in [3.8, 4) is 0 Å². The van der Waals surface area contributed by atoms with E-state index >= 15 is 0 Å². The van der Waals surface area contributed by atoms with E-state index in [9.17, 15) is 27.1 Å². The molecule has 2 fully saturated rings. The molecule has 2 aliphatic rings. The molecule has 0 bridgehead atoms. The Morgan fingerprint density at radius 2 is 1.88 bits per heavy atom. The van der Waals surface area contributed by atoms with Gasteiger partial charge in [-0.2, -0.15) is 4.31 Å². The van der Waals surface area contributed by atoms with Gasteiger partial charge in [-0.1, -0.05) is 30.3 Å². The summed E-state index contributed by atoms with van der Waals surface area (Å²) in [6, 6.07) is 10.8. The van der Waals surface area contributed by atoms with Gasteiger partial charge in [-0.3, -0.25) is 4.79 Å². The molecular formula is C23H25F2NO5S. The second kappa shape index (κ2) is 9.25. The summed E-state index contributed by atoms with van der Waals surface area (Å²) in [6.07, 6.45) is 1.30. The quantitative estimate of drug-likeness (QED) is 0.726. The smallest absolute Gasteiger partial charge is 0.307 e. The van der Waals surface area contributed by atoms with E-state index in [2.05, 4.69) is 0 Å². The molecule has 32 heavy (non-hydrogen) atoms. The number of halogens is 2. The normalized spacial score (nSPS) is 26.0. The summed E-state index contributed by atoms with van der Waals surface area (Å²) in [5, 5.41) is 8.71. The number of carbonyl (C=O) groups is 1. The number of ether oxygens (including phenoxy) is 1. The monoisotopic (exact) mass is 465 g/mol. The van der Waals surface area contributed by atoms with E-state index in [4.69, 9.17) is 4.74 Å². The van der Waals surface area contributed by atoms with Crippen molar-refractivity contribution in [1.82, 2.24) is 4.31 Å². The molecule has 2 heterocycles. The Morgan fingerprint density at radius 3 is 2.59 bits per heavy atom. The molecule has 172 valence electrons. The molecule has 0 aromatic heterocycles. The van der Waals surface area contributed by atoms with E-state index in [1.165, 1.54) is 4.31 Å². The van der Waals surface area contributed by atoms with Crippen LogP contribution < -0.4 is 0 Å². The largest absolute Gasteiger partial charge is 0.481 e. The zero-order valence-electron chi connectivity index (χ0n) is 17.4. The van der Waals surface area contributed by atoms with Crippen molar-refractivity contribution in [2.24, 2.45) is 5.92 Å². The first-order valence-corrected chi connectivity index (χ1v) is 12.1. The maximum atomic E-state index is 15.0. The summed E-state index contributed by atoms with van der Waals surface area (Å²) in [5.74, 6) is -4.25. The molecule has 6 nitrogen and oxygen atoms in total. The van der Waals surface area contributed by atoms with Crippen molar-refractivity contribution >= 4 is 16.0 Å². The SMILES string of the molecule is O=C(O)C1CCOCC1c1cc(F)c(CN2CCC[C@H](c3ccccc3)S2(=O)=O)cc1F. The fraction of sp³-hybridized carbons (Fsp3) is 0.435. The fourth-order valence-electron chi connectivity index (χ4n) is 4.62. The highest BCUT2D eigenvalue weighted by Gasteiger charge is 2.38. The highest BCUT2D eigenvalue weighted by atomic mass is 32.2. The highest BCUT2D eigenvalue weighted by molar-refractivity contribution is 7.89. The molecule has 0 spiro atoms. The summed E-state index contributed by atoms with van der Waals surface area (Å²) in [4.78, 5) is 11.5. The number of carboxylic acids is 1. The lowest BCUT2D eigenvalue weighted by Gasteiger charge is -2.33. The minimum atomic E-state index is -3.75. The lowest BCUT2D eigenvalue weighted by molar-refractivity contribution is -0.146. The van der Waals surface area contributed by atoms with E-state index in [0.717, 1.165) is 12.1 Å². The fourth-order valence-corrected chi connectivity index (χ4v) is 6.65. The van der Waals surface area contributed by atoms with Crippen molar-refractivity contribution in [2.45, 2.75) is 37.0 Å². The van der Waals surface area contributed by atoms with Gasteiger partial charge in [-0.25, -0.2) is 17.2 Å². The number of rotatable bonds is 5. The van der Waals surface area contributed by atoms with Crippen LogP contribution in [0.3, 0.4) is 0 Å². The van der Waals surface area contributed by atoms with Crippen LogP contribution in [-0.2, 0) is 26.1 Å². The Bertz CT molecular complexity index is 1090. The molecule has 2 saturated heterocycles. The van der Waals surface area contributed by atoms with Crippen LogP contribution in [0.2, 0.25) is 0 Å². The first-order chi connectivity index (χ1) is 15.3. The third-order valence-corrected chi connectivity index (χ3v) is 8.61. The zero-order valence-corrected chi connectivity index (χ0v) is 18.2. The maximum absolute atomic E-state index is 15.0. The predicted octanol–water partition coefficient (Wildman–Crippen LogP) is 3.84. The third-order valence-electron chi connectivity index (χ3n) is 6.35. The molecule has 2 aliphatic heterocycles. The summed E-state index contributed by atoms with van der Waals surface area (Å²) in [6.45, 7) is 0.196. The second-order valence-corrected chi connectivity index (χ2v) is 10.4. The molecule has 0 aliphatic carbocycles. The van der Waals surface area contributed by atoms with Crippen LogP contribution >= 0.6 is 0 Å². The Kier molecular flexibility index (Phi) is 6.60. The van der Waals surface area contributed by atoms with Crippen LogP contribution in [0.5, 0.6) is 0 Å². The lowest BCUT2D eigenvalue weighted by atomic mass is 9.82. The van der Waals surface area contributed by atoms with Crippen LogP contribution in [-0.4, -0.2) is 43.6 Å². The molecule has 0 saturated carbocycles. The number of sulfonamides is 1. The minimum absolute atomic E-state index is 0.00800. The molecular weight excluding hydrogens is 440 g/mol. The van der Waals surface area contributed by atoms with Gasteiger partial charge < -0.3 is 9.84 Å². The van der Waals surface area contributed by atoms with Gasteiger partial charge >= 0.3 is 5.97 Å². The van der Waals surface area contributed by atoms with Crippen LogP contribution in [0.1, 0.15) is 47.1 Å². The van der Waals surface area contributed by atoms with Crippen molar-refractivity contribution in [3.05, 3.63) is 70.8 Å². The van der Waals surface area contributed by atoms with Crippen molar-refractivity contribution < 1.29 is 31.8 Å². The van der Waals surface area contributed by atoms with Gasteiger partial charge in [0.2, 0.25) is 10.0 Å². The predicted molar refractivity (Wildman–Crippen MR) is 113 cm³/mol.